The number of hydrogen-bond acceptors (Lipinski definition) is 2. The minimum absolute atomic E-state index is 0.00958. The van der Waals surface area contributed by atoms with Gasteiger partial charge in [-0.15, -0.1) is 0 Å². The van der Waals surface area contributed by atoms with Crippen LogP contribution in [0.1, 0.15) is 42.9 Å². The molecular formula is C19H19BrFNO2. The van der Waals surface area contributed by atoms with Crippen LogP contribution in [0, 0.1) is 5.82 Å². The van der Waals surface area contributed by atoms with Crippen LogP contribution in [0.2, 0.25) is 0 Å². The van der Waals surface area contributed by atoms with Gasteiger partial charge in [-0.3, -0.25) is 4.79 Å². The van der Waals surface area contributed by atoms with Crippen molar-refractivity contribution < 1.29 is 13.9 Å². The van der Waals surface area contributed by atoms with Crippen molar-refractivity contribution in [2.75, 3.05) is 6.61 Å². The minimum Gasteiger partial charge on any atom is -0.493 e. The lowest BCUT2D eigenvalue weighted by atomic mass is 9.96. The van der Waals surface area contributed by atoms with Gasteiger partial charge in [0, 0.05) is 22.9 Å². The van der Waals surface area contributed by atoms with Crippen molar-refractivity contribution in [3.05, 3.63) is 63.9 Å². The Hall–Kier alpha value is -1.88. The number of carbonyl (C=O) groups excluding carboxylic acids is 1. The second-order valence-electron chi connectivity index (χ2n) is 6.10. The maximum absolute atomic E-state index is 13.0. The molecule has 0 aromatic heterocycles. The second kappa shape index (κ2) is 7.34. The van der Waals surface area contributed by atoms with Crippen LogP contribution in [-0.4, -0.2) is 12.5 Å². The van der Waals surface area contributed by atoms with E-state index in [0.29, 0.717) is 13.0 Å². The van der Waals surface area contributed by atoms with Gasteiger partial charge in [0.1, 0.15) is 11.6 Å². The van der Waals surface area contributed by atoms with Crippen LogP contribution in [0.15, 0.2) is 46.9 Å². The number of hydrogen-bond donors (Lipinski definition) is 1. The van der Waals surface area contributed by atoms with E-state index in [-0.39, 0.29) is 23.7 Å². The molecule has 0 saturated carbocycles. The van der Waals surface area contributed by atoms with Gasteiger partial charge in [0.2, 0.25) is 5.91 Å². The van der Waals surface area contributed by atoms with E-state index in [4.69, 9.17) is 4.74 Å². The largest absolute Gasteiger partial charge is 0.493 e. The number of rotatable bonds is 4. The van der Waals surface area contributed by atoms with Crippen LogP contribution in [0.25, 0.3) is 0 Å². The van der Waals surface area contributed by atoms with Gasteiger partial charge in [0.15, 0.2) is 0 Å². The molecule has 1 aliphatic heterocycles. The van der Waals surface area contributed by atoms with Gasteiger partial charge in [0.25, 0.3) is 0 Å². The molecule has 0 spiro atoms. The Kier molecular flexibility index (Phi) is 5.19. The molecule has 2 unspecified atom stereocenters. The summed E-state index contributed by atoms with van der Waals surface area (Å²) in [6, 6.07) is 12.1. The van der Waals surface area contributed by atoms with Crippen LogP contribution in [0.5, 0.6) is 5.75 Å². The highest BCUT2D eigenvalue weighted by Gasteiger charge is 2.24. The molecule has 0 radical (unpaired) electrons. The number of ether oxygens (including phenoxy) is 1. The van der Waals surface area contributed by atoms with Crippen molar-refractivity contribution >= 4 is 21.8 Å². The van der Waals surface area contributed by atoms with Crippen LogP contribution < -0.4 is 10.1 Å². The Bertz CT molecular complexity index is 733. The molecule has 2 atom stereocenters. The van der Waals surface area contributed by atoms with E-state index in [1.54, 1.807) is 12.1 Å². The average molecular weight is 392 g/mol. The maximum atomic E-state index is 13.0. The highest BCUT2D eigenvalue weighted by molar-refractivity contribution is 9.10. The molecular weight excluding hydrogens is 373 g/mol. The first-order valence-electron chi connectivity index (χ1n) is 8.00. The fourth-order valence-corrected chi connectivity index (χ4v) is 3.33. The standard InChI is InChI=1S/C19H19BrFNO2/c1-12(13-2-5-15(21)6-3-13)10-19(23)22-17-8-9-24-18-7-4-14(20)11-16(17)18/h2-7,11-12,17H,8-10H2,1H3,(H,22,23). The van der Waals surface area contributed by atoms with E-state index in [9.17, 15) is 9.18 Å². The minimum atomic E-state index is -0.264. The molecule has 1 N–H and O–H groups in total. The van der Waals surface area contributed by atoms with Crippen molar-refractivity contribution in [1.29, 1.82) is 0 Å². The van der Waals surface area contributed by atoms with Gasteiger partial charge in [0.05, 0.1) is 12.6 Å². The molecule has 1 amide bonds. The van der Waals surface area contributed by atoms with Crippen molar-refractivity contribution in [1.82, 2.24) is 5.32 Å². The highest BCUT2D eigenvalue weighted by Crippen LogP contribution is 2.34. The van der Waals surface area contributed by atoms with Gasteiger partial charge in [-0.1, -0.05) is 35.0 Å². The van der Waals surface area contributed by atoms with E-state index in [2.05, 4.69) is 21.2 Å². The predicted octanol–water partition coefficient (Wildman–Crippen LogP) is 4.72. The number of carbonyl (C=O) groups is 1. The SMILES string of the molecule is CC(CC(=O)NC1CCOc2ccc(Br)cc21)c1ccc(F)cc1. The predicted molar refractivity (Wildman–Crippen MR) is 94.6 cm³/mol. The molecule has 0 aliphatic carbocycles. The fourth-order valence-electron chi connectivity index (χ4n) is 2.96. The summed E-state index contributed by atoms with van der Waals surface area (Å²) < 4.78 is 19.6. The van der Waals surface area contributed by atoms with Crippen LogP contribution in [0.4, 0.5) is 4.39 Å². The molecule has 3 rings (SSSR count). The Labute approximate surface area is 149 Å². The summed E-state index contributed by atoms with van der Waals surface area (Å²) in [7, 11) is 0. The van der Waals surface area contributed by atoms with Crippen LogP contribution in [0.3, 0.4) is 0 Å². The second-order valence-corrected chi connectivity index (χ2v) is 7.01. The lowest BCUT2D eigenvalue weighted by molar-refractivity contribution is -0.122. The summed E-state index contributed by atoms with van der Waals surface area (Å²) in [5, 5.41) is 3.10. The first-order chi connectivity index (χ1) is 11.5. The number of nitrogens with one attached hydrogen (secondary N) is 1. The topological polar surface area (TPSA) is 38.3 Å². The zero-order valence-corrected chi connectivity index (χ0v) is 15.0. The van der Waals surface area contributed by atoms with E-state index in [1.807, 2.05) is 25.1 Å². The molecule has 24 heavy (non-hydrogen) atoms. The Morgan fingerprint density at radius 2 is 2.08 bits per heavy atom. The van der Waals surface area contributed by atoms with Gasteiger partial charge in [-0.05, 0) is 41.8 Å². The molecule has 0 saturated heterocycles. The van der Waals surface area contributed by atoms with E-state index >= 15 is 0 Å². The number of fused-ring (bicyclic) bond motifs is 1. The maximum Gasteiger partial charge on any atom is 0.221 e. The quantitative estimate of drug-likeness (QED) is 0.818. The lowest BCUT2D eigenvalue weighted by Crippen LogP contribution is -2.32. The Morgan fingerprint density at radius 3 is 2.83 bits per heavy atom. The Balaban J connectivity index is 1.65. The molecule has 0 bridgehead atoms. The summed E-state index contributed by atoms with van der Waals surface area (Å²) in [6.07, 6.45) is 1.12. The zero-order valence-electron chi connectivity index (χ0n) is 13.4. The van der Waals surface area contributed by atoms with Gasteiger partial charge in [-0.2, -0.15) is 0 Å². The van der Waals surface area contributed by atoms with E-state index in [1.165, 1.54) is 12.1 Å². The lowest BCUT2D eigenvalue weighted by Gasteiger charge is -2.27. The molecule has 0 fully saturated rings. The summed E-state index contributed by atoms with van der Waals surface area (Å²) in [5.41, 5.74) is 1.96. The molecule has 126 valence electrons. The van der Waals surface area contributed by atoms with Crippen molar-refractivity contribution in [3.8, 4) is 5.75 Å². The van der Waals surface area contributed by atoms with Crippen molar-refractivity contribution in [2.24, 2.45) is 0 Å². The van der Waals surface area contributed by atoms with E-state index in [0.717, 1.165) is 27.8 Å². The monoisotopic (exact) mass is 391 g/mol. The zero-order chi connectivity index (χ0) is 17.1. The molecule has 3 nitrogen and oxygen atoms in total. The summed E-state index contributed by atoms with van der Waals surface area (Å²) in [6.45, 7) is 2.56. The normalized spacial score (nSPS) is 17.5. The van der Waals surface area contributed by atoms with Crippen LogP contribution in [-0.2, 0) is 4.79 Å². The van der Waals surface area contributed by atoms with Gasteiger partial charge < -0.3 is 10.1 Å². The third kappa shape index (κ3) is 3.96. The number of benzene rings is 2. The average Bonchev–Trinajstić information content (AvgIpc) is 2.56. The van der Waals surface area contributed by atoms with Crippen LogP contribution >= 0.6 is 15.9 Å². The fraction of sp³-hybridized carbons (Fsp3) is 0.316. The summed E-state index contributed by atoms with van der Waals surface area (Å²) in [4.78, 5) is 12.4. The first kappa shape index (κ1) is 17.0. The Morgan fingerprint density at radius 1 is 1.33 bits per heavy atom. The highest BCUT2D eigenvalue weighted by atomic mass is 79.9. The summed E-state index contributed by atoms with van der Waals surface area (Å²) >= 11 is 3.46. The third-order valence-corrected chi connectivity index (χ3v) is 4.77. The number of halogens is 2. The van der Waals surface area contributed by atoms with Crippen molar-refractivity contribution in [2.45, 2.75) is 31.7 Å². The van der Waals surface area contributed by atoms with Gasteiger partial charge >= 0.3 is 0 Å². The smallest absolute Gasteiger partial charge is 0.221 e. The first-order valence-corrected chi connectivity index (χ1v) is 8.79. The van der Waals surface area contributed by atoms with E-state index < -0.39 is 0 Å². The molecule has 1 aliphatic rings. The summed E-state index contributed by atoms with van der Waals surface area (Å²) in [5.74, 6) is 0.582. The molecule has 1 heterocycles. The number of amides is 1. The molecule has 2 aromatic rings. The van der Waals surface area contributed by atoms with Gasteiger partial charge in [-0.25, -0.2) is 4.39 Å². The van der Waals surface area contributed by atoms with Crippen molar-refractivity contribution in [3.63, 3.8) is 0 Å². The third-order valence-electron chi connectivity index (χ3n) is 4.28. The molecule has 2 aromatic carbocycles. The molecule has 5 heteroatoms.